The fourth-order valence-corrected chi connectivity index (χ4v) is 2.42. The van der Waals surface area contributed by atoms with Gasteiger partial charge in [0.2, 0.25) is 5.13 Å². The zero-order valence-electron chi connectivity index (χ0n) is 10.8. The summed E-state index contributed by atoms with van der Waals surface area (Å²) in [7, 11) is 0. The molecule has 110 valence electrons. The van der Waals surface area contributed by atoms with Crippen LogP contribution in [0.1, 0.15) is 16.6 Å². The van der Waals surface area contributed by atoms with E-state index in [2.05, 4.69) is 20.8 Å². The molecule has 0 aliphatic carbocycles. The van der Waals surface area contributed by atoms with Crippen molar-refractivity contribution in [2.75, 3.05) is 5.32 Å². The molecule has 2 rings (SSSR count). The molecule has 0 radical (unpaired) electrons. The van der Waals surface area contributed by atoms with E-state index >= 15 is 0 Å². The number of carboxylic acids is 1. The first-order chi connectivity index (χ1) is 9.97. The van der Waals surface area contributed by atoms with E-state index in [0.29, 0.717) is 10.6 Å². The van der Waals surface area contributed by atoms with Gasteiger partial charge in [0.05, 0.1) is 0 Å². The summed E-state index contributed by atoms with van der Waals surface area (Å²) in [5.74, 6) is -1.22. The maximum absolute atomic E-state index is 11.8. The second-order valence-corrected chi connectivity index (χ2v) is 5.61. The Morgan fingerprint density at radius 1 is 1.33 bits per heavy atom. The van der Waals surface area contributed by atoms with Gasteiger partial charge < -0.3 is 10.4 Å². The number of nitrogens with one attached hydrogen (secondary N) is 2. The van der Waals surface area contributed by atoms with Crippen molar-refractivity contribution < 1.29 is 14.7 Å². The molecule has 1 aromatic carbocycles. The Morgan fingerprint density at radius 3 is 2.62 bits per heavy atom. The lowest BCUT2D eigenvalue weighted by atomic mass is 10.1. The quantitative estimate of drug-likeness (QED) is 0.800. The van der Waals surface area contributed by atoms with Crippen molar-refractivity contribution in [1.82, 2.24) is 15.5 Å². The molecule has 0 aliphatic rings. The summed E-state index contributed by atoms with van der Waals surface area (Å²) in [5.41, 5.74) is 0.301. The summed E-state index contributed by atoms with van der Waals surface area (Å²) in [6, 6.07) is 4.46. The highest BCUT2D eigenvalue weighted by Gasteiger charge is 2.24. The van der Waals surface area contributed by atoms with Crippen LogP contribution in [0.25, 0.3) is 0 Å². The van der Waals surface area contributed by atoms with Gasteiger partial charge in [-0.3, -0.25) is 5.32 Å². The van der Waals surface area contributed by atoms with E-state index in [1.165, 1.54) is 17.4 Å². The molecule has 0 spiro atoms. The van der Waals surface area contributed by atoms with E-state index in [1.54, 1.807) is 25.1 Å². The topological polar surface area (TPSA) is 104 Å². The third kappa shape index (κ3) is 3.89. The highest BCUT2D eigenvalue weighted by molar-refractivity contribution is 7.15. The van der Waals surface area contributed by atoms with Gasteiger partial charge in [-0.1, -0.05) is 41.1 Å². The van der Waals surface area contributed by atoms with E-state index in [-0.39, 0.29) is 10.2 Å². The number of benzene rings is 1. The van der Waals surface area contributed by atoms with Crippen molar-refractivity contribution in [3.63, 3.8) is 0 Å². The second kappa shape index (κ2) is 6.51. The Morgan fingerprint density at radius 2 is 2.05 bits per heavy atom. The largest absolute Gasteiger partial charge is 0.479 e. The van der Waals surface area contributed by atoms with E-state index in [4.69, 9.17) is 11.6 Å². The summed E-state index contributed by atoms with van der Waals surface area (Å²) < 4.78 is 0. The molecule has 7 nitrogen and oxygen atoms in total. The summed E-state index contributed by atoms with van der Waals surface area (Å²) >= 11 is 7.14. The first kappa shape index (κ1) is 15.2. The van der Waals surface area contributed by atoms with Gasteiger partial charge in [0.25, 0.3) is 0 Å². The first-order valence-corrected chi connectivity index (χ1v) is 7.01. The maximum atomic E-state index is 11.8. The van der Waals surface area contributed by atoms with Gasteiger partial charge in [-0.05, 0) is 13.0 Å². The third-order valence-corrected chi connectivity index (χ3v) is 3.58. The molecule has 0 saturated carbocycles. The molecule has 1 atom stereocenters. The van der Waals surface area contributed by atoms with Gasteiger partial charge in [0.1, 0.15) is 5.01 Å². The molecule has 21 heavy (non-hydrogen) atoms. The molecule has 3 N–H and O–H groups in total. The van der Waals surface area contributed by atoms with E-state index in [9.17, 15) is 14.7 Å². The van der Waals surface area contributed by atoms with Crippen LogP contribution in [0.5, 0.6) is 0 Å². The van der Waals surface area contributed by atoms with Crippen molar-refractivity contribution in [1.29, 1.82) is 0 Å². The molecule has 0 bridgehead atoms. The second-order valence-electron chi connectivity index (χ2n) is 4.02. The van der Waals surface area contributed by atoms with Crippen molar-refractivity contribution in [2.45, 2.75) is 13.0 Å². The maximum Gasteiger partial charge on any atom is 0.331 e. The van der Waals surface area contributed by atoms with Crippen molar-refractivity contribution in [3.8, 4) is 0 Å². The highest BCUT2D eigenvalue weighted by atomic mass is 35.5. The van der Waals surface area contributed by atoms with Crippen LogP contribution >= 0.6 is 22.9 Å². The van der Waals surface area contributed by atoms with Gasteiger partial charge in [0.15, 0.2) is 6.04 Å². The lowest BCUT2D eigenvalue weighted by Gasteiger charge is -2.15. The third-order valence-electron chi connectivity index (χ3n) is 2.49. The molecular weight excluding hydrogens is 316 g/mol. The summed E-state index contributed by atoms with van der Waals surface area (Å²) in [6.07, 6.45) is 0. The minimum absolute atomic E-state index is 0.261. The van der Waals surface area contributed by atoms with E-state index < -0.39 is 18.0 Å². The molecular formula is C12H11ClN4O3S. The van der Waals surface area contributed by atoms with Crippen LogP contribution in [0.4, 0.5) is 9.93 Å². The number of hydrogen-bond acceptors (Lipinski definition) is 5. The minimum Gasteiger partial charge on any atom is -0.479 e. The molecule has 0 fully saturated rings. The number of carboxylic acid groups (broad SMARTS) is 1. The number of rotatable bonds is 4. The summed E-state index contributed by atoms with van der Waals surface area (Å²) in [6.45, 7) is 1.74. The average molecular weight is 327 g/mol. The lowest BCUT2D eigenvalue weighted by molar-refractivity contribution is -0.139. The number of aryl methyl sites for hydroxylation is 1. The fraction of sp³-hybridized carbons (Fsp3) is 0.167. The van der Waals surface area contributed by atoms with Crippen LogP contribution in [0.15, 0.2) is 24.3 Å². The van der Waals surface area contributed by atoms with E-state index in [0.717, 1.165) is 0 Å². The highest BCUT2D eigenvalue weighted by Crippen LogP contribution is 2.23. The van der Waals surface area contributed by atoms with Gasteiger partial charge in [-0.15, -0.1) is 10.2 Å². The van der Waals surface area contributed by atoms with Crippen molar-refractivity contribution in [2.24, 2.45) is 0 Å². The SMILES string of the molecule is Cc1nnc(NC(=O)N[C@@H](C(=O)O)c2ccccc2Cl)s1. The molecule has 9 heteroatoms. The Labute approximate surface area is 129 Å². The molecule has 0 saturated heterocycles. The normalized spacial score (nSPS) is 11.7. The van der Waals surface area contributed by atoms with E-state index in [1.807, 2.05) is 0 Å². The predicted octanol–water partition coefficient (Wildman–Crippen LogP) is 2.45. The molecule has 0 unspecified atom stereocenters. The molecule has 2 amide bonds. The average Bonchev–Trinajstić information content (AvgIpc) is 2.82. The van der Waals surface area contributed by atoms with Crippen molar-refractivity contribution in [3.05, 3.63) is 39.9 Å². The molecule has 0 aliphatic heterocycles. The number of amides is 2. The summed E-state index contributed by atoms with van der Waals surface area (Å²) in [5, 5.41) is 22.7. The van der Waals surface area contributed by atoms with Crippen LogP contribution < -0.4 is 10.6 Å². The first-order valence-electron chi connectivity index (χ1n) is 5.82. The van der Waals surface area contributed by atoms with Crippen LogP contribution in [-0.2, 0) is 4.79 Å². The van der Waals surface area contributed by atoms with Crippen LogP contribution in [0.3, 0.4) is 0 Å². The predicted molar refractivity (Wildman–Crippen MR) is 78.6 cm³/mol. The van der Waals surface area contributed by atoms with Gasteiger partial charge in [-0.2, -0.15) is 0 Å². The van der Waals surface area contributed by atoms with Crippen LogP contribution in [0, 0.1) is 6.92 Å². The standard InChI is InChI=1S/C12H11ClN4O3S/c1-6-16-17-12(21-6)15-11(20)14-9(10(18)19)7-4-2-3-5-8(7)13/h2-5,9H,1H3,(H,18,19)(H2,14,15,17,20)/t9-/m1/s1. The fourth-order valence-electron chi connectivity index (χ4n) is 1.59. The molecule has 2 aromatic rings. The Kier molecular flexibility index (Phi) is 4.71. The molecule has 1 aromatic heterocycles. The zero-order valence-corrected chi connectivity index (χ0v) is 12.4. The van der Waals surface area contributed by atoms with Gasteiger partial charge in [0, 0.05) is 10.6 Å². The lowest BCUT2D eigenvalue weighted by Crippen LogP contribution is -2.36. The van der Waals surface area contributed by atoms with Crippen LogP contribution in [0.2, 0.25) is 5.02 Å². The van der Waals surface area contributed by atoms with Crippen molar-refractivity contribution >= 4 is 40.1 Å². The Bertz CT molecular complexity index is 676. The Balaban J connectivity index is 2.12. The number of anilines is 1. The number of aliphatic carboxylic acids is 1. The smallest absolute Gasteiger partial charge is 0.331 e. The van der Waals surface area contributed by atoms with Crippen LogP contribution in [-0.4, -0.2) is 27.3 Å². The number of hydrogen-bond donors (Lipinski definition) is 3. The number of aromatic nitrogens is 2. The number of urea groups is 1. The number of carbonyl (C=O) groups excluding carboxylic acids is 1. The molecule has 1 heterocycles. The van der Waals surface area contributed by atoms with Gasteiger partial charge >= 0.3 is 12.0 Å². The number of carbonyl (C=O) groups is 2. The van der Waals surface area contributed by atoms with Gasteiger partial charge in [-0.25, -0.2) is 9.59 Å². The minimum atomic E-state index is -1.26. The monoisotopic (exact) mass is 326 g/mol. The number of halogens is 1. The number of nitrogens with zero attached hydrogens (tertiary/aromatic N) is 2. The Hall–Kier alpha value is -2.19. The summed E-state index contributed by atoms with van der Waals surface area (Å²) in [4.78, 5) is 23.1. The zero-order chi connectivity index (χ0) is 15.4.